The molecule has 0 saturated carbocycles. The monoisotopic (exact) mass is 457 g/mol. The molecule has 0 aliphatic carbocycles. The maximum atomic E-state index is 13.4. The van der Waals surface area contributed by atoms with Crippen LogP contribution in [0.25, 0.3) is 11.1 Å². The number of halogens is 1. The lowest BCUT2D eigenvalue weighted by Crippen LogP contribution is -2.55. The number of nitrogens with zero attached hydrogens (tertiary/aromatic N) is 1. The third-order valence-corrected chi connectivity index (χ3v) is 6.11. The Hall–Kier alpha value is -3.10. The van der Waals surface area contributed by atoms with Gasteiger partial charge in [-0.25, -0.2) is 0 Å². The maximum absolute atomic E-state index is 13.4. The third kappa shape index (κ3) is 4.16. The number of methoxy groups -OCH3 is 1. The lowest BCUT2D eigenvalue weighted by Gasteiger charge is -2.37. The van der Waals surface area contributed by atoms with Crippen molar-refractivity contribution in [2.45, 2.75) is 38.0 Å². The van der Waals surface area contributed by atoms with Crippen molar-refractivity contribution < 1.29 is 24.2 Å². The molecule has 1 saturated heterocycles. The number of fused-ring (bicyclic) bond motifs is 2. The average Bonchev–Trinajstić information content (AvgIpc) is 2.88. The summed E-state index contributed by atoms with van der Waals surface area (Å²) in [5, 5.41) is 15.6. The molecule has 168 valence electrons. The van der Waals surface area contributed by atoms with Crippen molar-refractivity contribution in [3.8, 4) is 16.9 Å². The fraction of sp³-hybridized carbons (Fsp3) is 0.348. The van der Waals surface area contributed by atoms with Crippen LogP contribution in [0.3, 0.4) is 0 Å². The molecule has 2 aromatic rings. The lowest BCUT2D eigenvalue weighted by atomic mass is 9.95. The molecular formula is C23H24ClN3O5. The van der Waals surface area contributed by atoms with E-state index in [4.69, 9.17) is 16.3 Å². The molecule has 2 aliphatic rings. The Morgan fingerprint density at radius 3 is 2.75 bits per heavy atom. The van der Waals surface area contributed by atoms with Crippen LogP contribution in [0.5, 0.6) is 5.75 Å². The number of amides is 3. The van der Waals surface area contributed by atoms with Crippen LogP contribution in [-0.4, -0.2) is 59.6 Å². The molecule has 9 heteroatoms. The second kappa shape index (κ2) is 8.80. The summed E-state index contributed by atoms with van der Waals surface area (Å²) in [6.07, 6.45) is -0.367. The van der Waals surface area contributed by atoms with E-state index in [9.17, 15) is 19.5 Å². The number of nitrogens with one attached hydrogen (secondary N) is 2. The normalized spacial score (nSPS) is 21.1. The quantitative estimate of drug-likeness (QED) is 0.653. The highest BCUT2D eigenvalue weighted by molar-refractivity contribution is 6.31. The van der Waals surface area contributed by atoms with Crippen molar-refractivity contribution in [2.75, 3.05) is 19.0 Å². The smallest absolute Gasteiger partial charge is 0.256 e. The topological polar surface area (TPSA) is 108 Å². The molecule has 0 spiro atoms. The summed E-state index contributed by atoms with van der Waals surface area (Å²) in [4.78, 5) is 39.7. The Kier molecular flexibility index (Phi) is 6.08. The maximum Gasteiger partial charge on any atom is 0.256 e. The molecule has 3 N–H and O–H groups in total. The van der Waals surface area contributed by atoms with E-state index in [0.29, 0.717) is 35.0 Å². The highest BCUT2D eigenvalue weighted by atomic mass is 35.5. The number of ether oxygens (including phenoxy) is 1. The van der Waals surface area contributed by atoms with Gasteiger partial charge in [-0.2, -0.15) is 0 Å². The summed E-state index contributed by atoms with van der Waals surface area (Å²) in [7, 11) is 1.56. The molecule has 1 fully saturated rings. The van der Waals surface area contributed by atoms with Crippen molar-refractivity contribution in [1.82, 2.24) is 10.2 Å². The van der Waals surface area contributed by atoms with Crippen LogP contribution in [0.2, 0.25) is 5.02 Å². The number of benzene rings is 2. The van der Waals surface area contributed by atoms with E-state index in [1.165, 1.54) is 6.92 Å². The molecule has 3 amide bonds. The first kappa shape index (κ1) is 22.1. The minimum atomic E-state index is -1.14. The molecule has 4 rings (SSSR count). The molecule has 0 bridgehead atoms. The third-order valence-electron chi connectivity index (χ3n) is 5.87. The van der Waals surface area contributed by atoms with E-state index in [-0.39, 0.29) is 24.3 Å². The average molecular weight is 458 g/mol. The van der Waals surface area contributed by atoms with Gasteiger partial charge in [0, 0.05) is 23.2 Å². The van der Waals surface area contributed by atoms with Gasteiger partial charge in [0.1, 0.15) is 17.9 Å². The van der Waals surface area contributed by atoms with Crippen LogP contribution in [0.4, 0.5) is 5.69 Å². The Labute approximate surface area is 190 Å². The second-order valence-corrected chi connectivity index (χ2v) is 8.45. The number of carbonyl (C=O) groups excluding carboxylic acids is 3. The van der Waals surface area contributed by atoms with Gasteiger partial charge in [-0.15, -0.1) is 0 Å². The highest BCUT2D eigenvalue weighted by Gasteiger charge is 2.40. The highest BCUT2D eigenvalue weighted by Crippen LogP contribution is 2.36. The summed E-state index contributed by atoms with van der Waals surface area (Å²) >= 11 is 6.17. The molecular weight excluding hydrogens is 434 g/mol. The lowest BCUT2D eigenvalue weighted by molar-refractivity contribution is -0.130. The largest absolute Gasteiger partial charge is 0.496 e. The van der Waals surface area contributed by atoms with E-state index in [1.54, 1.807) is 48.4 Å². The molecule has 2 heterocycles. The van der Waals surface area contributed by atoms with Crippen molar-refractivity contribution in [3.63, 3.8) is 0 Å². The Morgan fingerprint density at radius 1 is 1.25 bits per heavy atom. The zero-order valence-electron chi connectivity index (χ0n) is 17.7. The Bertz CT molecular complexity index is 1090. The zero-order valence-corrected chi connectivity index (χ0v) is 18.5. The van der Waals surface area contributed by atoms with Gasteiger partial charge in [0.15, 0.2) is 0 Å². The summed E-state index contributed by atoms with van der Waals surface area (Å²) in [6, 6.07) is 9.47. The predicted octanol–water partition coefficient (Wildman–Crippen LogP) is 2.44. The summed E-state index contributed by atoms with van der Waals surface area (Å²) in [6.45, 7) is 1.70. The predicted molar refractivity (Wildman–Crippen MR) is 120 cm³/mol. The molecule has 0 aromatic heterocycles. The minimum absolute atomic E-state index is 0.258. The summed E-state index contributed by atoms with van der Waals surface area (Å²) in [5.74, 6) is -0.438. The second-order valence-electron chi connectivity index (χ2n) is 8.01. The number of carbonyl (C=O) groups is 3. The van der Waals surface area contributed by atoms with Crippen LogP contribution < -0.4 is 15.4 Å². The molecule has 2 aromatic carbocycles. The Morgan fingerprint density at radius 2 is 2.03 bits per heavy atom. The zero-order chi connectivity index (χ0) is 23.0. The number of aliphatic hydroxyl groups excluding tert-OH is 1. The van der Waals surface area contributed by atoms with Crippen LogP contribution in [0.15, 0.2) is 36.4 Å². The van der Waals surface area contributed by atoms with Gasteiger partial charge in [0.2, 0.25) is 11.8 Å². The SMILES string of the molecule is COc1ccc(Cl)cc1-c1ccc2c(c1)C(=O)N1CCC(NC(=O)C(C)O)CC1C(=O)N2. The van der Waals surface area contributed by atoms with Gasteiger partial charge >= 0.3 is 0 Å². The minimum Gasteiger partial charge on any atom is -0.496 e. The number of anilines is 1. The van der Waals surface area contributed by atoms with E-state index in [2.05, 4.69) is 10.6 Å². The van der Waals surface area contributed by atoms with Crippen LogP contribution in [-0.2, 0) is 9.59 Å². The first-order chi connectivity index (χ1) is 15.3. The number of piperidine rings is 1. The molecule has 3 unspecified atom stereocenters. The fourth-order valence-electron chi connectivity index (χ4n) is 4.18. The van der Waals surface area contributed by atoms with Gasteiger partial charge in [-0.05, 0) is 55.7 Å². The van der Waals surface area contributed by atoms with E-state index >= 15 is 0 Å². The van der Waals surface area contributed by atoms with Gasteiger partial charge < -0.3 is 25.4 Å². The molecule has 8 nitrogen and oxygen atoms in total. The van der Waals surface area contributed by atoms with Crippen molar-refractivity contribution in [1.29, 1.82) is 0 Å². The first-order valence-corrected chi connectivity index (χ1v) is 10.7. The molecule has 3 atom stereocenters. The van der Waals surface area contributed by atoms with Crippen molar-refractivity contribution in [3.05, 3.63) is 47.0 Å². The van der Waals surface area contributed by atoms with E-state index in [0.717, 1.165) is 11.1 Å². The number of aliphatic hydroxyl groups is 1. The Balaban J connectivity index is 1.64. The van der Waals surface area contributed by atoms with Crippen molar-refractivity contribution >= 4 is 35.0 Å². The molecule has 0 radical (unpaired) electrons. The summed E-state index contributed by atoms with van der Waals surface area (Å²) in [5.41, 5.74) is 2.29. The van der Waals surface area contributed by atoms with Gasteiger partial charge in [-0.3, -0.25) is 14.4 Å². The van der Waals surface area contributed by atoms with Gasteiger partial charge in [0.05, 0.1) is 18.4 Å². The fourth-order valence-corrected chi connectivity index (χ4v) is 4.36. The number of hydrogen-bond donors (Lipinski definition) is 3. The van der Waals surface area contributed by atoms with E-state index < -0.39 is 18.1 Å². The number of hydrogen-bond acceptors (Lipinski definition) is 5. The first-order valence-electron chi connectivity index (χ1n) is 10.4. The van der Waals surface area contributed by atoms with Gasteiger partial charge in [-0.1, -0.05) is 17.7 Å². The molecule has 32 heavy (non-hydrogen) atoms. The van der Waals surface area contributed by atoms with Crippen molar-refractivity contribution in [2.24, 2.45) is 0 Å². The standard InChI is InChI=1S/C23H24ClN3O5/c1-12(28)21(29)25-15-7-8-27-19(11-15)22(30)26-18-5-3-13(9-17(18)23(27)31)16-10-14(24)4-6-20(16)32-2/h3-6,9-10,12,15,19,28H,7-8,11H2,1-2H3,(H,25,29)(H,26,30). The summed E-state index contributed by atoms with van der Waals surface area (Å²) < 4.78 is 5.44. The van der Waals surface area contributed by atoms with Crippen LogP contribution >= 0.6 is 11.6 Å². The van der Waals surface area contributed by atoms with Gasteiger partial charge in [0.25, 0.3) is 5.91 Å². The van der Waals surface area contributed by atoms with E-state index in [1.807, 2.05) is 0 Å². The number of rotatable bonds is 4. The van der Waals surface area contributed by atoms with Crippen LogP contribution in [0, 0.1) is 0 Å². The molecule has 2 aliphatic heterocycles. The van der Waals surface area contributed by atoms with Crippen LogP contribution in [0.1, 0.15) is 30.1 Å².